The Morgan fingerprint density at radius 2 is 1.15 bits per heavy atom. The molecule has 0 saturated carbocycles. The fourth-order valence-electron chi connectivity index (χ4n) is 3.09. The van der Waals surface area contributed by atoms with Crippen molar-refractivity contribution in [2.75, 3.05) is 39.2 Å². The number of hydrogen-bond donors (Lipinski definition) is 0. The Labute approximate surface area is 275 Å². The Balaban J connectivity index is 1.72. The molecule has 1 aromatic rings. The molecule has 0 spiro atoms. The van der Waals surface area contributed by atoms with E-state index < -0.39 is 11.9 Å². The summed E-state index contributed by atoms with van der Waals surface area (Å²) in [6, 6.07) is 4.26. The van der Waals surface area contributed by atoms with Gasteiger partial charge in [-0.3, -0.25) is 0 Å². The van der Waals surface area contributed by atoms with Gasteiger partial charge in [-0.1, -0.05) is 70.6 Å². The van der Waals surface area contributed by atoms with Crippen LogP contribution in [-0.2, 0) is 19.1 Å². The van der Waals surface area contributed by atoms with Gasteiger partial charge in [0.1, 0.15) is 9.81 Å². The minimum atomic E-state index is -0.538. The number of methoxy groups -OCH3 is 2. The van der Waals surface area contributed by atoms with E-state index in [9.17, 15) is 9.59 Å². The molecule has 208 valence electrons. The molecule has 0 aliphatic carbocycles. The predicted octanol–water partition coefficient (Wildman–Crippen LogP) is 10.3. The van der Waals surface area contributed by atoms with Gasteiger partial charge < -0.3 is 9.47 Å². The Morgan fingerprint density at radius 3 is 1.59 bits per heavy atom. The lowest BCUT2D eigenvalue weighted by atomic mass is 10.2. The van der Waals surface area contributed by atoms with Crippen LogP contribution >= 0.6 is 129 Å². The van der Waals surface area contributed by atoms with Crippen molar-refractivity contribution in [1.82, 2.24) is 0 Å². The van der Waals surface area contributed by atoms with Crippen LogP contribution in [0, 0.1) is 0 Å². The summed E-state index contributed by atoms with van der Waals surface area (Å²) in [7, 11) is 2.65. The summed E-state index contributed by atoms with van der Waals surface area (Å²) in [5.41, 5.74) is 0.984. The fraction of sp³-hybridized carbons (Fsp3) is 0.250. The molecule has 0 fully saturated rings. The van der Waals surface area contributed by atoms with Crippen LogP contribution in [0.3, 0.4) is 0 Å². The van der Waals surface area contributed by atoms with Crippen molar-refractivity contribution in [2.45, 2.75) is 0 Å². The lowest BCUT2D eigenvalue weighted by Gasteiger charge is -2.07. The number of rotatable bonds is 9. The normalized spacial score (nSPS) is 17.5. The number of hydrogen-bond acceptors (Lipinski definition) is 15. The maximum absolute atomic E-state index is 12.6. The number of ether oxygens (including phenoxy) is 2. The Hall–Kier alpha value is 0.580. The second-order valence-corrected chi connectivity index (χ2v) is 19.5. The van der Waals surface area contributed by atoms with Gasteiger partial charge >= 0.3 is 11.9 Å². The molecule has 0 unspecified atom stereocenters. The first-order chi connectivity index (χ1) is 18.8. The van der Waals surface area contributed by atoms with Gasteiger partial charge in [0, 0.05) is 15.3 Å². The summed E-state index contributed by atoms with van der Waals surface area (Å²) < 4.78 is 18.5. The van der Waals surface area contributed by atoms with Crippen LogP contribution in [-0.4, -0.2) is 51.2 Å². The molecule has 0 atom stereocenters. The summed E-state index contributed by atoms with van der Waals surface area (Å²) >= 11 is 18.5. The summed E-state index contributed by atoms with van der Waals surface area (Å²) in [4.78, 5) is 27.9. The van der Waals surface area contributed by atoms with E-state index in [1.165, 1.54) is 58.9 Å². The molecule has 3 aliphatic heterocycles. The zero-order valence-electron chi connectivity index (χ0n) is 21.4. The molecule has 0 aromatic carbocycles. The lowest BCUT2D eigenvalue weighted by Crippen LogP contribution is -2.08. The summed E-state index contributed by atoms with van der Waals surface area (Å²) in [5, 5.41) is 0. The van der Waals surface area contributed by atoms with Crippen molar-refractivity contribution >= 4 is 153 Å². The quantitative estimate of drug-likeness (QED) is 0.227. The molecule has 0 bridgehead atoms. The van der Waals surface area contributed by atoms with Gasteiger partial charge in [-0.25, -0.2) is 9.59 Å². The van der Waals surface area contributed by atoms with Crippen LogP contribution in [0.25, 0.3) is 11.6 Å². The Morgan fingerprint density at radius 1 is 0.692 bits per heavy atom. The molecule has 4 rings (SSSR count). The molecule has 1 aromatic heterocycles. The standard InChI is InChI=1S/C24H22O4S11/c1-27-18(25)16-17(19(26)28-2)39-20(38-16)12(10-15-36-23(31-5)24(32-6)37-15)13-8-7-11(33-13)9-14-34-21(29-3)22(30-4)35-14/h7-10H,1-6H3. The molecular weight excluding hydrogens is 705 g/mol. The maximum Gasteiger partial charge on any atom is 0.346 e. The highest BCUT2D eigenvalue weighted by molar-refractivity contribution is 8.41. The van der Waals surface area contributed by atoms with Gasteiger partial charge in [0.2, 0.25) is 0 Å². The number of esters is 2. The van der Waals surface area contributed by atoms with E-state index in [2.05, 4.69) is 49.3 Å². The zero-order valence-corrected chi connectivity index (χ0v) is 30.4. The largest absolute Gasteiger partial charge is 0.465 e. The topological polar surface area (TPSA) is 52.6 Å². The van der Waals surface area contributed by atoms with Crippen molar-refractivity contribution in [1.29, 1.82) is 0 Å². The molecule has 4 heterocycles. The number of thioether (sulfide) groups is 10. The van der Waals surface area contributed by atoms with E-state index in [1.54, 1.807) is 81.9 Å². The molecule has 0 amide bonds. The van der Waals surface area contributed by atoms with E-state index >= 15 is 0 Å². The first kappa shape index (κ1) is 32.5. The minimum Gasteiger partial charge on any atom is -0.465 e. The van der Waals surface area contributed by atoms with Gasteiger partial charge in [0.25, 0.3) is 0 Å². The van der Waals surface area contributed by atoms with Crippen LogP contribution < -0.4 is 0 Å². The maximum atomic E-state index is 12.6. The van der Waals surface area contributed by atoms with Gasteiger partial charge in [0.15, 0.2) is 0 Å². The highest BCUT2D eigenvalue weighted by Crippen LogP contribution is 2.60. The van der Waals surface area contributed by atoms with Crippen LogP contribution in [0.4, 0.5) is 0 Å². The van der Waals surface area contributed by atoms with Crippen LogP contribution in [0.1, 0.15) is 9.75 Å². The zero-order chi connectivity index (χ0) is 28.1. The van der Waals surface area contributed by atoms with Crippen LogP contribution in [0.2, 0.25) is 0 Å². The van der Waals surface area contributed by atoms with Gasteiger partial charge in [-0.15, -0.1) is 58.4 Å². The average molecular weight is 727 g/mol. The second-order valence-electron chi connectivity index (χ2n) is 7.05. The SMILES string of the molecule is COC(=O)C1=C(C(=O)OC)SC(=C(C=C2SC(SC)=C(SC)S2)c2ccc(C=C3SC(SC)=C(SC)S3)s2)S1. The number of carbonyl (C=O) groups is 2. The van der Waals surface area contributed by atoms with E-state index in [0.717, 1.165) is 23.8 Å². The molecule has 0 saturated heterocycles. The second kappa shape index (κ2) is 15.3. The number of allylic oxidation sites excluding steroid dienone is 2. The van der Waals surface area contributed by atoms with Crippen LogP contribution in [0.15, 0.2) is 57.7 Å². The van der Waals surface area contributed by atoms with Gasteiger partial charge in [-0.2, -0.15) is 0 Å². The van der Waals surface area contributed by atoms with Crippen molar-refractivity contribution in [3.05, 3.63) is 67.4 Å². The minimum absolute atomic E-state index is 0.262. The molecule has 39 heavy (non-hydrogen) atoms. The highest BCUT2D eigenvalue weighted by atomic mass is 32.3. The summed E-state index contributed by atoms with van der Waals surface area (Å²) in [6.45, 7) is 0. The van der Waals surface area contributed by atoms with Crippen molar-refractivity contribution < 1.29 is 19.1 Å². The average Bonchev–Trinajstić information content (AvgIpc) is 3.75. The van der Waals surface area contributed by atoms with Crippen molar-refractivity contribution in [3.8, 4) is 0 Å². The Bertz CT molecular complexity index is 1300. The van der Waals surface area contributed by atoms with Crippen molar-refractivity contribution in [3.63, 3.8) is 0 Å². The monoisotopic (exact) mass is 726 g/mol. The summed E-state index contributed by atoms with van der Waals surface area (Å²) in [5.74, 6) is -1.08. The van der Waals surface area contributed by atoms with Gasteiger partial charge in [-0.05, 0) is 49.3 Å². The predicted molar refractivity (Wildman–Crippen MR) is 192 cm³/mol. The van der Waals surface area contributed by atoms with E-state index in [0.29, 0.717) is 0 Å². The lowest BCUT2D eigenvalue weighted by molar-refractivity contribution is -0.138. The molecule has 15 heteroatoms. The molecular formula is C24H22O4S11. The third-order valence-corrected chi connectivity index (χ3v) is 18.6. The van der Waals surface area contributed by atoms with Crippen molar-refractivity contribution in [2.24, 2.45) is 0 Å². The number of carbonyl (C=O) groups excluding carboxylic acids is 2. The summed E-state index contributed by atoms with van der Waals surface area (Å²) in [6.07, 6.45) is 12.8. The third kappa shape index (κ3) is 7.76. The molecule has 4 nitrogen and oxygen atoms in total. The van der Waals surface area contributed by atoms with Crippen LogP contribution in [0.5, 0.6) is 0 Å². The first-order valence-electron chi connectivity index (χ1n) is 10.8. The van der Waals surface area contributed by atoms with E-state index in [4.69, 9.17) is 9.47 Å². The molecule has 0 N–H and O–H groups in total. The third-order valence-electron chi connectivity index (χ3n) is 4.82. The first-order valence-corrected chi connectivity index (χ1v) is 21.4. The Kier molecular flexibility index (Phi) is 12.8. The number of thiophene rings is 1. The molecule has 0 radical (unpaired) electrons. The highest BCUT2D eigenvalue weighted by Gasteiger charge is 2.34. The smallest absolute Gasteiger partial charge is 0.346 e. The van der Waals surface area contributed by atoms with E-state index in [-0.39, 0.29) is 9.81 Å². The fourth-order valence-corrected chi connectivity index (χ4v) is 16.7. The van der Waals surface area contributed by atoms with E-state index in [1.807, 2.05) is 23.5 Å². The molecule has 3 aliphatic rings. The van der Waals surface area contributed by atoms with Gasteiger partial charge in [0.05, 0.1) is 43.9 Å².